The van der Waals surface area contributed by atoms with E-state index in [1.807, 2.05) is 0 Å². The summed E-state index contributed by atoms with van der Waals surface area (Å²) in [6.07, 6.45) is 2.16. The summed E-state index contributed by atoms with van der Waals surface area (Å²) in [6.45, 7) is 5.85. The van der Waals surface area contributed by atoms with Gasteiger partial charge in [-0.25, -0.2) is 0 Å². The second kappa shape index (κ2) is 3.82. The molecule has 1 aliphatic rings. The van der Waals surface area contributed by atoms with Gasteiger partial charge in [0.2, 0.25) is 0 Å². The van der Waals surface area contributed by atoms with Gasteiger partial charge in [-0.3, -0.25) is 9.59 Å². The molecule has 0 aromatic heterocycles. The maximum atomic E-state index is 11.2. The molecule has 0 aromatic carbocycles. The fourth-order valence-corrected chi connectivity index (χ4v) is 2.72. The first-order valence-corrected chi connectivity index (χ1v) is 5.49. The van der Waals surface area contributed by atoms with E-state index in [4.69, 9.17) is 0 Å². The number of carbonyl (C=O) groups is 2. The zero-order valence-electron chi connectivity index (χ0n) is 8.42. The summed E-state index contributed by atoms with van der Waals surface area (Å²) in [5, 5.41) is 0.305. The molecule has 0 radical (unpaired) electrons. The second-order valence-corrected chi connectivity index (χ2v) is 5.71. The summed E-state index contributed by atoms with van der Waals surface area (Å²) in [6, 6.07) is 0. The normalized spacial score (nSPS) is 27.3. The largest absolute Gasteiger partial charge is 0.300 e. The van der Waals surface area contributed by atoms with E-state index in [-0.39, 0.29) is 15.8 Å². The summed E-state index contributed by atoms with van der Waals surface area (Å²) >= 11 is 1.33. The molecule has 1 saturated carbocycles. The predicted molar refractivity (Wildman–Crippen MR) is 54.7 cm³/mol. The number of thioether (sulfide) groups is 1. The molecule has 74 valence electrons. The zero-order chi connectivity index (χ0) is 10.1. The lowest BCUT2D eigenvalue weighted by molar-refractivity contribution is -0.121. The molecule has 0 N–H and O–H groups in total. The summed E-state index contributed by atoms with van der Waals surface area (Å²) in [4.78, 5) is 22.2. The van der Waals surface area contributed by atoms with E-state index < -0.39 is 0 Å². The molecule has 0 amide bonds. The SMILES string of the molecule is CC(=O)S[C@@H]1CC(=O)CCC1(C)C. The number of Topliss-reactive ketones (excluding diaryl/α,β-unsaturated/α-hetero) is 1. The van der Waals surface area contributed by atoms with Crippen molar-refractivity contribution in [3.8, 4) is 0 Å². The van der Waals surface area contributed by atoms with Crippen LogP contribution in [0.2, 0.25) is 0 Å². The molecule has 0 saturated heterocycles. The highest BCUT2D eigenvalue weighted by atomic mass is 32.2. The first-order valence-electron chi connectivity index (χ1n) is 4.61. The van der Waals surface area contributed by atoms with Crippen molar-refractivity contribution >= 4 is 22.7 Å². The van der Waals surface area contributed by atoms with Crippen molar-refractivity contribution in [3.05, 3.63) is 0 Å². The monoisotopic (exact) mass is 200 g/mol. The van der Waals surface area contributed by atoms with Crippen LogP contribution in [-0.4, -0.2) is 16.1 Å². The molecule has 0 spiro atoms. The van der Waals surface area contributed by atoms with Crippen LogP contribution >= 0.6 is 11.8 Å². The third kappa shape index (κ3) is 2.83. The van der Waals surface area contributed by atoms with Crippen molar-refractivity contribution in [2.45, 2.75) is 45.3 Å². The van der Waals surface area contributed by atoms with E-state index in [2.05, 4.69) is 13.8 Å². The minimum Gasteiger partial charge on any atom is -0.300 e. The Hall–Kier alpha value is -0.310. The number of rotatable bonds is 1. The predicted octanol–water partition coefficient (Wildman–Crippen LogP) is 2.41. The Labute approximate surface area is 83.5 Å². The van der Waals surface area contributed by atoms with Crippen LogP contribution in [0.1, 0.15) is 40.0 Å². The summed E-state index contributed by atoms with van der Waals surface area (Å²) in [7, 11) is 0. The van der Waals surface area contributed by atoms with Crippen LogP contribution in [0.15, 0.2) is 0 Å². The average Bonchev–Trinajstić information content (AvgIpc) is 1.97. The van der Waals surface area contributed by atoms with E-state index in [1.165, 1.54) is 11.8 Å². The van der Waals surface area contributed by atoms with Gasteiger partial charge in [0.05, 0.1) is 0 Å². The zero-order valence-corrected chi connectivity index (χ0v) is 9.24. The Balaban J connectivity index is 2.66. The van der Waals surface area contributed by atoms with E-state index in [1.54, 1.807) is 6.92 Å². The van der Waals surface area contributed by atoms with Crippen LogP contribution in [0, 0.1) is 5.41 Å². The minimum absolute atomic E-state index is 0.118. The van der Waals surface area contributed by atoms with Crippen LogP contribution in [-0.2, 0) is 9.59 Å². The highest BCUT2D eigenvalue weighted by molar-refractivity contribution is 8.14. The van der Waals surface area contributed by atoms with E-state index in [0.29, 0.717) is 18.6 Å². The lowest BCUT2D eigenvalue weighted by Gasteiger charge is -2.36. The van der Waals surface area contributed by atoms with Crippen molar-refractivity contribution in [1.29, 1.82) is 0 Å². The third-order valence-electron chi connectivity index (χ3n) is 2.64. The first kappa shape index (κ1) is 10.8. The topological polar surface area (TPSA) is 34.1 Å². The molecule has 1 atom stereocenters. The van der Waals surface area contributed by atoms with E-state index in [9.17, 15) is 9.59 Å². The van der Waals surface area contributed by atoms with Gasteiger partial charge >= 0.3 is 0 Å². The van der Waals surface area contributed by atoms with Crippen LogP contribution < -0.4 is 0 Å². The molecule has 0 aliphatic heterocycles. The molecule has 1 fully saturated rings. The number of hydrogen-bond acceptors (Lipinski definition) is 3. The Morgan fingerprint density at radius 3 is 2.69 bits per heavy atom. The van der Waals surface area contributed by atoms with Gasteiger partial charge in [0, 0.05) is 25.0 Å². The Kier molecular flexibility index (Phi) is 3.17. The van der Waals surface area contributed by atoms with Gasteiger partial charge in [-0.05, 0) is 11.8 Å². The van der Waals surface area contributed by atoms with Crippen molar-refractivity contribution < 1.29 is 9.59 Å². The van der Waals surface area contributed by atoms with Crippen LogP contribution in [0.5, 0.6) is 0 Å². The highest BCUT2D eigenvalue weighted by Gasteiger charge is 2.36. The number of carbonyl (C=O) groups excluding carboxylic acids is 2. The summed E-state index contributed by atoms with van der Waals surface area (Å²) < 4.78 is 0. The maximum Gasteiger partial charge on any atom is 0.186 e. The molecule has 0 aromatic rings. The smallest absolute Gasteiger partial charge is 0.186 e. The Morgan fingerprint density at radius 2 is 2.15 bits per heavy atom. The maximum absolute atomic E-state index is 11.2. The lowest BCUT2D eigenvalue weighted by Crippen LogP contribution is -2.35. The van der Waals surface area contributed by atoms with Gasteiger partial charge in [-0.2, -0.15) is 0 Å². The van der Waals surface area contributed by atoms with Gasteiger partial charge in [-0.15, -0.1) is 0 Å². The van der Waals surface area contributed by atoms with Crippen LogP contribution in [0.4, 0.5) is 0 Å². The first-order chi connectivity index (χ1) is 5.92. The highest BCUT2D eigenvalue weighted by Crippen LogP contribution is 2.41. The Bertz CT molecular complexity index is 231. The Morgan fingerprint density at radius 1 is 1.54 bits per heavy atom. The molecule has 0 unspecified atom stereocenters. The van der Waals surface area contributed by atoms with Crippen molar-refractivity contribution in [2.75, 3.05) is 0 Å². The molecule has 1 rings (SSSR count). The molecule has 0 bridgehead atoms. The third-order valence-corrected chi connectivity index (χ3v) is 4.06. The fourth-order valence-electron chi connectivity index (χ4n) is 1.61. The number of ketones is 1. The summed E-state index contributed by atoms with van der Waals surface area (Å²) in [5.41, 5.74) is 0.129. The molecular formula is C10H16O2S. The van der Waals surface area contributed by atoms with Crippen molar-refractivity contribution in [2.24, 2.45) is 5.41 Å². The minimum atomic E-state index is 0.118. The lowest BCUT2D eigenvalue weighted by atomic mass is 9.76. The van der Waals surface area contributed by atoms with Gasteiger partial charge < -0.3 is 0 Å². The van der Waals surface area contributed by atoms with Gasteiger partial charge in [0.15, 0.2) is 5.12 Å². The van der Waals surface area contributed by atoms with Crippen LogP contribution in [0.3, 0.4) is 0 Å². The second-order valence-electron chi connectivity index (χ2n) is 4.33. The molecule has 1 aliphatic carbocycles. The fraction of sp³-hybridized carbons (Fsp3) is 0.800. The van der Waals surface area contributed by atoms with Gasteiger partial charge in [0.1, 0.15) is 5.78 Å². The van der Waals surface area contributed by atoms with Crippen LogP contribution in [0.25, 0.3) is 0 Å². The molecule has 3 heteroatoms. The van der Waals surface area contributed by atoms with E-state index >= 15 is 0 Å². The van der Waals surface area contributed by atoms with Gasteiger partial charge in [-0.1, -0.05) is 25.6 Å². The summed E-state index contributed by atoms with van der Waals surface area (Å²) in [5.74, 6) is 0.304. The molecule has 0 heterocycles. The molecule has 2 nitrogen and oxygen atoms in total. The van der Waals surface area contributed by atoms with E-state index in [0.717, 1.165) is 6.42 Å². The number of hydrogen-bond donors (Lipinski definition) is 0. The van der Waals surface area contributed by atoms with Crippen molar-refractivity contribution in [1.82, 2.24) is 0 Å². The average molecular weight is 200 g/mol. The van der Waals surface area contributed by atoms with Crippen molar-refractivity contribution in [3.63, 3.8) is 0 Å². The standard InChI is InChI=1S/C10H16O2S/c1-7(11)13-9-6-8(12)4-5-10(9,2)3/h9H,4-6H2,1-3H3/t9-/m1/s1. The van der Waals surface area contributed by atoms with Gasteiger partial charge in [0.25, 0.3) is 0 Å². The quantitative estimate of drug-likeness (QED) is 0.652. The molecular weight excluding hydrogens is 184 g/mol. The molecule has 13 heavy (non-hydrogen) atoms.